The Morgan fingerprint density at radius 3 is 2.61 bits per heavy atom. The molecule has 1 aliphatic carbocycles. The summed E-state index contributed by atoms with van der Waals surface area (Å²) < 4.78 is 0. The van der Waals surface area contributed by atoms with E-state index in [1.807, 2.05) is 12.4 Å². The Balaban J connectivity index is 1.53. The van der Waals surface area contributed by atoms with E-state index in [9.17, 15) is 0 Å². The average molecular weight is 246 g/mol. The molecule has 4 heteroatoms. The molecule has 3 rings (SSSR count). The fourth-order valence-corrected chi connectivity index (χ4v) is 3.02. The lowest BCUT2D eigenvalue weighted by Gasteiger charge is -2.11. The Labute approximate surface area is 109 Å². The van der Waals surface area contributed by atoms with Crippen molar-refractivity contribution in [3.05, 3.63) is 18.0 Å². The second kappa shape index (κ2) is 5.65. The number of nitrogens with one attached hydrogen (secondary N) is 2. The molecule has 1 saturated carbocycles. The van der Waals surface area contributed by atoms with Crippen molar-refractivity contribution >= 4 is 5.95 Å². The molecule has 1 atom stereocenters. The van der Waals surface area contributed by atoms with Gasteiger partial charge in [0.1, 0.15) is 0 Å². The summed E-state index contributed by atoms with van der Waals surface area (Å²) in [7, 11) is 0. The number of hydrogen-bond acceptors (Lipinski definition) is 4. The summed E-state index contributed by atoms with van der Waals surface area (Å²) in [6.45, 7) is 3.25. The van der Waals surface area contributed by atoms with E-state index in [1.165, 1.54) is 37.7 Å². The molecule has 0 radical (unpaired) electrons. The monoisotopic (exact) mass is 246 g/mol. The van der Waals surface area contributed by atoms with Gasteiger partial charge in [-0.1, -0.05) is 12.8 Å². The fourth-order valence-electron chi connectivity index (χ4n) is 3.02. The van der Waals surface area contributed by atoms with Crippen molar-refractivity contribution in [3.63, 3.8) is 0 Å². The van der Waals surface area contributed by atoms with Crippen LogP contribution in [0.4, 0.5) is 5.95 Å². The van der Waals surface area contributed by atoms with E-state index in [-0.39, 0.29) is 0 Å². The minimum absolute atomic E-state index is 0.707. The van der Waals surface area contributed by atoms with E-state index in [4.69, 9.17) is 0 Å². The maximum atomic E-state index is 4.44. The van der Waals surface area contributed by atoms with Crippen LogP contribution in [0.15, 0.2) is 12.4 Å². The number of anilines is 1. The summed E-state index contributed by atoms with van der Waals surface area (Å²) in [4.78, 5) is 8.88. The normalized spacial score (nSPS) is 24.6. The third kappa shape index (κ3) is 2.80. The molecule has 2 heterocycles. The largest absolute Gasteiger partial charge is 0.354 e. The van der Waals surface area contributed by atoms with Crippen LogP contribution in [0.3, 0.4) is 0 Å². The first-order valence-corrected chi connectivity index (χ1v) is 7.18. The molecule has 2 aliphatic rings. The van der Waals surface area contributed by atoms with Crippen molar-refractivity contribution in [2.75, 3.05) is 25.0 Å². The quantitative estimate of drug-likeness (QED) is 0.854. The molecule has 0 spiro atoms. The van der Waals surface area contributed by atoms with E-state index >= 15 is 0 Å². The van der Waals surface area contributed by atoms with Gasteiger partial charge in [0.25, 0.3) is 0 Å². The molecule has 0 bridgehead atoms. The molecule has 18 heavy (non-hydrogen) atoms. The smallest absolute Gasteiger partial charge is 0.222 e. The first kappa shape index (κ1) is 11.9. The molecule has 1 aliphatic heterocycles. The van der Waals surface area contributed by atoms with Crippen molar-refractivity contribution < 1.29 is 0 Å². The zero-order valence-corrected chi connectivity index (χ0v) is 10.9. The molecule has 1 aromatic rings. The number of rotatable bonds is 4. The van der Waals surface area contributed by atoms with Gasteiger partial charge in [-0.05, 0) is 49.8 Å². The van der Waals surface area contributed by atoms with Gasteiger partial charge in [-0.15, -0.1) is 0 Å². The second-order valence-electron chi connectivity index (χ2n) is 5.56. The van der Waals surface area contributed by atoms with Crippen LogP contribution in [0.2, 0.25) is 0 Å². The Kier molecular flexibility index (Phi) is 3.74. The Bertz CT molecular complexity index is 364. The molecule has 0 aromatic carbocycles. The van der Waals surface area contributed by atoms with Gasteiger partial charge < -0.3 is 10.6 Å². The highest BCUT2D eigenvalue weighted by molar-refractivity contribution is 5.26. The van der Waals surface area contributed by atoms with Crippen molar-refractivity contribution in [1.82, 2.24) is 15.3 Å². The van der Waals surface area contributed by atoms with Gasteiger partial charge in [-0.25, -0.2) is 9.97 Å². The molecule has 1 saturated heterocycles. The van der Waals surface area contributed by atoms with Gasteiger partial charge in [-0.2, -0.15) is 0 Å². The second-order valence-corrected chi connectivity index (χ2v) is 5.56. The maximum Gasteiger partial charge on any atom is 0.222 e. The lowest BCUT2D eigenvalue weighted by molar-refractivity contribution is 0.612. The molecule has 0 amide bonds. The van der Waals surface area contributed by atoms with E-state index in [2.05, 4.69) is 20.6 Å². The SMILES string of the molecule is c1nc(NCC2CCNC2)ncc1C1CCCC1. The van der Waals surface area contributed by atoms with Crippen LogP contribution < -0.4 is 10.6 Å². The van der Waals surface area contributed by atoms with Crippen LogP contribution >= 0.6 is 0 Å². The van der Waals surface area contributed by atoms with Gasteiger partial charge in [0.15, 0.2) is 0 Å². The van der Waals surface area contributed by atoms with Gasteiger partial charge in [0.05, 0.1) is 0 Å². The standard InChI is InChI=1S/C14H22N4/c1-2-4-12(3-1)13-9-17-14(18-10-13)16-8-11-5-6-15-7-11/h9-12,15H,1-8H2,(H,16,17,18). The van der Waals surface area contributed by atoms with Crippen LogP contribution in [0.1, 0.15) is 43.6 Å². The fraction of sp³-hybridized carbons (Fsp3) is 0.714. The molecule has 1 unspecified atom stereocenters. The average Bonchev–Trinajstić information content (AvgIpc) is 3.10. The Hall–Kier alpha value is -1.16. The summed E-state index contributed by atoms with van der Waals surface area (Å²) in [6.07, 6.45) is 10.6. The molecular formula is C14H22N4. The zero-order valence-electron chi connectivity index (χ0n) is 10.9. The van der Waals surface area contributed by atoms with Crippen molar-refractivity contribution in [2.24, 2.45) is 5.92 Å². The minimum Gasteiger partial charge on any atom is -0.354 e. The molecule has 4 nitrogen and oxygen atoms in total. The molecular weight excluding hydrogens is 224 g/mol. The minimum atomic E-state index is 0.707. The highest BCUT2D eigenvalue weighted by atomic mass is 15.1. The third-order valence-corrected chi connectivity index (χ3v) is 4.21. The third-order valence-electron chi connectivity index (χ3n) is 4.21. The van der Waals surface area contributed by atoms with Crippen LogP contribution in [0.25, 0.3) is 0 Å². The summed E-state index contributed by atoms with van der Waals surface area (Å²) in [6, 6.07) is 0. The molecule has 2 N–H and O–H groups in total. The van der Waals surface area contributed by atoms with Crippen molar-refractivity contribution in [2.45, 2.75) is 38.0 Å². The van der Waals surface area contributed by atoms with E-state index in [0.29, 0.717) is 5.92 Å². The van der Waals surface area contributed by atoms with Crippen LogP contribution in [0, 0.1) is 5.92 Å². The van der Waals surface area contributed by atoms with E-state index < -0.39 is 0 Å². The van der Waals surface area contributed by atoms with Gasteiger partial charge in [-0.3, -0.25) is 0 Å². The van der Waals surface area contributed by atoms with Crippen molar-refractivity contribution in [1.29, 1.82) is 0 Å². The number of hydrogen-bond donors (Lipinski definition) is 2. The van der Waals surface area contributed by atoms with Crippen molar-refractivity contribution in [3.8, 4) is 0 Å². The van der Waals surface area contributed by atoms with Gasteiger partial charge in [0, 0.05) is 18.9 Å². The molecule has 1 aromatic heterocycles. The van der Waals surface area contributed by atoms with E-state index in [1.54, 1.807) is 0 Å². The van der Waals surface area contributed by atoms with E-state index in [0.717, 1.165) is 31.5 Å². The summed E-state index contributed by atoms with van der Waals surface area (Å²) in [5.74, 6) is 2.21. The summed E-state index contributed by atoms with van der Waals surface area (Å²) in [5, 5.41) is 6.72. The number of nitrogens with zero attached hydrogens (tertiary/aromatic N) is 2. The lowest BCUT2D eigenvalue weighted by Crippen LogP contribution is -2.18. The topological polar surface area (TPSA) is 49.8 Å². The maximum absolute atomic E-state index is 4.44. The van der Waals surface area contributed by atoms with Crippen LogP contribution in [0.5, 0.6) is 0 Å². The first-order valence-electron chi connectivity index (χ1n) is 7.18. The highest BCUT2D eigenvalue weighted by Gasteiger charge is 2.18. The molecule has 98 valence electrons. The Morgan fingerprint density at radius 1 is 1.17 bits per heavy atom. The van der Waals surface area contributed by atoms with Crippen LogP contribution in [-0.2, 0) is 0 Å². The van der Waals surface area contributed by atoms with Crippen LogP contribution in [-0.4, -0.2) is 29.6 Å². The lowest BCUT2D eigenvalue weighted by atomic mass is 10.0. The number of aromatic nitrogens is 2. The molecule has 2 fully saturated rings. The van der Waals surface area contributed by atoms with Gasteiger partial charge >= 0.3 is 0 Å². The summed E-state index contributed by atoms with van der Waals surface area (Å²) in [5.41, 5.74) is 1.32. The van der Waals surface area contributed by atoms with Gasteiger partial charge in [0.2, 0.25) is 5.95 Å². The zero-order chi connectivity index (χ0) is 12.2. The summed E-state index contributed by atoms with van der Waals surface area (Å²) >= 11 is 0. The predicted octanol–water partition coefficient (Wildman–Crippen LogP) is 2.16. The first-order chi connectivity index (χ1) is 8.92. The highest BCUT2D eigenvalue weighted by Crippen LogP contribution is 2.33. The predicted molar refractivity (Wildman–Crippen MR) is 72.7 cm³/mol. The Morgan fingerprint density at radius 2 is 1.94 bits per heavy atom.